The zero-order valence-corrected chi connectivity index (χ0v) is 10.0. The van der Waals surface area contributed by atoms with Gasteiger partial charge in [0, 0.05) is 18.1 Å². The Morgan fingerprint density at radius 2 is 2.41 bits per heavy atom. The van der Waals surface area contributed by atoms with Gasteiger partial charge in [-0.05, 0) is 18.2 Å². The molecular formula is C12H13ClN2O2. The number of rotatable bonds is 2. The third-order valence-corrected chi connectivity index (χ3v) is 3.00. The van der Waals surface area contributed by atoms with Crippen molar-refractivity contribution in [3.63, 3.8) is 0 Å². The molecule has 0 bridgehead atoms. The molecule has 1 aliphatic rings. The van der Waals surface area contributed by atoms with Crippen LogP contribution in [0.15, 0.2) is 18.2 Å². The van der Waals surface area contributed by atoms with Gasteiger partial charge in [-0.15, -0.1) is 0 Å². The highest BCUT2D eigenvalue weighted by molar-refractivity contribution is 6.30. The molecule has 0 aromatic heterocycles. The van der Waals surface area contributed by atoms with Crippen molar-refractivity contribution in [2.75, 3.05) is 31.2 Å². The van der Waals surface area contributed by atoms with Crippen LogP contribution in [0.2, 0.25) is 5.02 Å². The second kappa shape index (κ2) is 5.37. The van der Waals surface area contributed by atoms with Gasteiger partial charge in [0.2, 0.25) is 0 Å². The summed E-state index contributed by atoms with van der Waals surface area (Å²) in [6.45, 7) is 1.80. The molecule has 90 valence electrons. The maximum atomic E-state index is 9.09. The molecule has 0 radical (unpaired) electrons. The second-order valence-electron chi connectivity index (χ2n) is 3.89. The Labute approximate surface area is 105 Å². The number of hydrogen-bond donors (Lipinski definition) is 1. The summed E-state index contributed by atoms with van der Waals surface area (Å²) in [6.07, 6.45) is -0.200. The van der Waals surface area contributed by atoms with Gasteiger partial charge >= 0.3 is 0 Å². The van der Waals surface area contributed by atoms with Gasteiger partial charge in [-0.2, -0.15) is 5.26 Å². The zero-order valence-electron chi connectivity index (χ0n) is 9.27. The number of nitrogens with zero attached hydrogens (tertiary/aromatic N) is 2. The van der Waals surface area contributed by atoms with E-state index in [1.165, 1.54) is 0 Å². The first-order chi connectivity index (χ1) is 8.24. The van der Waals surface area contributed by atoms with Crippen molar-refractivity contribution >= 4 is 17.3 Å². The standard InChI is InChI=1S/C12H13ClN2O2/c13-10-2-1-9(6-14)12(5-10)15-3-4-17-11(7-15)8-16/h1-2,5,11,16H,3-4,7-8H2. The zero-order chi connectivity index (χ0) is 12.3. The van der Waals surface area contributed by atoms with Crippen molar-refractivity contribution in [3.8, 4) is 6.07 Å². The van der Waals surface area contributed by atoms with E-state index in [-0.39, 0.29) is 12.7 Å². The van der Waals surface area contributed by atoms with E-state index in [0.717, 1.165) is 5.69 Å². The van der Waals surface area contributed by atoms with E-state index >= 15 is 0 Å². The highest BCUT2D eigenvalue weighted by atomic mass is 35.5. The van der Waals surface area contributed by atoms with E-state index in [9.17, 15) is 0 Å². The molecule has 2 rings (SSSR count). The third-order valence-electron chi connectivity index (χ3n) is 2.76. The quantitative estimate of drug-likeness (QED) is 0.865. The molecule has 1 aromatic rings. The van der Waals surface area contributed by atoms with Gasteiger partial charge in [0.05, 0.1) is 30.6 Å². The normalized spacial score (nSPS) is 20.1. The fourth-order valence-corrected chi connectivity index (χ4v) is 2.08. The Hall–Kier alpha value is -1.28. The van der Waals surface area contributed by atoms with Crippen molar-refractivity contribution in [1.29, 1.82) is 5.26 Å². The number of ether oxygens (including phenoxy) is 1. The summed E-state index contributed by atoms with van der Waals surface area (Å²) in [5.74, 6) is 0. The van der Waals surface area contributed by atoms with Crippen molar-refractivity contribution in [2.24, 2.45) is 0 Å². The molecule has 1 unspecified atom stereocenters. The highest BCUT2D eigenvalue weighted by Crippen LogP contribution is 2.26. The number of benzene rings is 1. The fourth-order valence-electron chi connectivity index (χ4n) is 1.91. The van der Waals surface area contributed by atoms with Gasteiger partial charge in [-0.25, -0.2) is 0 Å². The van der Waals surface area contributed by atoms with Gasteiger partial charge < -0.3 is 14.7 Å². The molecule has 1 fully saturated rings. The molecule has 17 heavy (non-hydrogen) atoms. The van der Waals surface area contributed by atoms with Crippen LogP contribution in [0.3, 0.4) is 0 Å². The Kier molecular flexibility index (Phi) is 3.85. The second-order valence-corrected chi connectivity index (χ2v) is 4.33. The SMILES string of the molecule is N#Cc1ccc(Cl)cc1N1CCOC(CO)C1. The number of morpholine rings is 1. The average molecular weight is 253 g/mol. The Bertz CT molecular complexity index is 445. The summed E-state index contributed by atoms with van der Waals surface area (Å²) in [7, 11) is 0. The first-order valence-electron chi connectivity index (χ1n) is 5.41. The topological polar surface area (TPSA) is 56.5 Å². The highest BCUT2D eigenvalue weighted by Gasteiger charge is 2.21. The van der Waals surface area contributed by atoms with Gasteiger partial charge in [0.15, 0.2) is 0 Å². The lowest BCUT2D eigenvalue weighted by Crippen LogP contribution is -2.44. The summed E-state index contributed by atoms with van der Waals surface area (Å²) < 4.78 is 5.38. The molecule has 1 atom stereocenters. The monoisotopic (exact) mass is 252 g/mol. The molecule has 0 amide bonds. The number of aliphatic hydroxyl groups is 1. The fraction of sp³-hybridized carbons (Fsp3) is 0.417. The number of anilines is 1. The predicted molar refractivity (Wildman–Crippen MR) is 65.2 cm³/mol. The van der Waals surface area contributed by atoms with Crippen molar-refractivity contribution in [3.05, 3.63) is 28.8 Å². The van der Waals surface area contributed by atoms with Crippen LogP contribution < -0.4 is 4.90 Å². The van der Waals surface area contributed by atoms with Crippen LogP contribution in [0, 0.1) is 11.3 Å². The predicted octanol–water partition coefficient (Wildman–Crippen LogP) is 1.41. The van der Waals surface area contributed by atoms with Crippen LogP contribution in [-0.4, -0.2) is 37.5 Å². The van der Waals surface area contributed by atoms with Gasteiger partial charge in [-0.1, -0.05) is 11.6 Å². The summed E-state index contributed by atoms with van der Waals surface area (Å²) in [6, 6.07) is 7.34. The third kappa shape index (κ3) is 2.70. The molecule has 1 N–H and O–H groups in total. The molecule has 0 saturated carbocycles. The summed E-state index contributed by atoms with van der Waals surface area (Å²) in [5.41, 5.74) is 1.40. The van der Waals surface area contributed by atoms with E-state index in [0.29, 0.717) is 30.3 Å². The van der Waals surface area contributed by atoms with Gasteiger partial charge in [0.1, 0.15) is 6.07 Å². The lowest BCUT2D eigenvalue weighted by molar-refractivity contribution is 0.00356. The number of halogens is 1. The molecule has 5 heteroatoms. The van der Waals surface area contributed by atoms with Crippen LogP contribution in [0.1, 0.15) is 5.56 Å². The van der Waals surface area contributed by atoms with Crippen LogP contribution >= 0.6 is 11.6 Å². The van der Waals surface area contributed by atoms with Crippen LogP contribution in [-0.2, 0) is 4.74 Å². The molecule has 0 spiro atoms. The largest absolute Gasteiger partial charge is 0.394 e. The minimum absolute atomic E-state index is 0.0149. The maximum absolute atomic E-state index is 9.09. The Balaban J connectivity index is 2.27. The Morgan fingerprint density at radius 1 is 1.59 bits per heavy atom. The Morgan fingerprint density at radius 3 is 3.12 bits per heavy atom. The molecular weight excluding hydrogens is 240 g/mol. The van der Waals surface area contributed by atoms with Crippen LogP contribution in [0.25, 0.3) is 0 Å². The van der Waals surface area contributed by atoms with E-state index < -0.39 is 0 Å². The van der Waals surface area contributed by atoms with Crippen LogP contribution in [0.5, 0.6) is 0 Å². The summed E-state index contributed by atoms with van der Waals surface area (Å²) in [4.78, 5) is 2.02. The smallest absolute Gasteiger partial charge is 0.101 e. The van der Waals surface area contributed by atoms with Crippen LogP contribution in [0.4, 0.5) is 5.69 Å². The van der Waals surface area contributed by atoms with E-state index in [2.05, 4.69) is 6.07 Å². The first kappa shape index (κ1) is 12.2. The van der Waals surface area contributed by atoms with Gasteiger partial charge in [0.25, 0.3) is 0 Å². The average Bonchev–Trinajstić information content (AvgIpc) is 2.39. The summed E-state index contributed by atoms with van der Waals surface area (Å²) in [5, 5.41) is 18.8. The lowest BCUT2D eigenvalue weighted by Gasteiger charge is -2.34. The molecule has 0 aliphatic carbocycles. The van der Waals surface area contributed by atoms with Crippen molar-refractivity contribution in [2.45, 2.75) is 6.10 Å². The maximum Gasteiger partial charge on any atom is 0.101 e. The molecule has 1 aromatic carbocycles. The lowest BCUT2D eigenvalue weighted by atomic mass is 10.1. The molecule has 1 aliphatic heterocycles. The van der Waals surface area contributed by atoms with E-state index in [4.69, 9.17) is 26.7 Å². The van der Waals surface area contributed by atoms with Crippen molar-refractivity contribution in [1.82, 2.24) is 0 Å². The van der Waals surface area contributed by atoms with E-state index in [1.807, 2.05) is 4.90 Å². The number of aliphatic hydroxyl groups excluding tert-OH is 1. The van der Waals surface area contributed by atoms with E-state index in [1.54, 1.807) is 18.2 Å². The minimum Gasteiger partial charge on any atom is -0.394 e. The number of nitriles is 1. The van der Waals surface area contributed by atoms with Gasteiger partial charge in [-0.3, -0.25) is 0 Å². The number of hydrogen-bond acceptors (Lipinski definition) is 4. The summed E-state index contributed by atoms with van der Waals surface area (Å²) >= 11 is 5.95. The molecule has 1 heterocycles. The minimum atomic E-state index is -0.200. The first-order valence-corrected chi connectivity index (χ1v) is 5.79. The van der Waals surface area contributed by atoms with Crippen molar-refractivity contribution < 1.29 is 9.84 Å². The molecule has 1 saturated heterocycles. The molecule has 4 nitrogen and oxygen atoms in total.